The zero-order chi connectivity index (χ0) is 95.5. The van der Waals surface area contributed by atoms with Gasteiger partial charge in [-0.05, 0) is 219 Å². The zero-order valence-corrected chi connectivity index (χ0v) is 76.0. The van der Waals surface area contributed by atoms with Crippen molar-refractivity contribution in [2.75, 3.05) is 13.7 Å². The van der Waals surface area contributed by atoms with Crippen LogP contribution in [-0.2, 0) is 47.0 Å². The second-order valence-electron chi connectivity index (χ2n) is 31.9. The lowest BCUT2D eigenvalue weighted by Gasteiger charge is -2.14. The Morgan fingerprint density at radius 2 is 0.776 bits per heavy atom. The van der Waals surface area contributed by atoms with Gasteiger partial charge in [0.2, 0.25) is 0 Å². The van der Waals surface area contributed by atoms with Crippen molar-refractivity contribution in [3.8, 4) is 11.8 Å². The summed E-state index contributed by atoms with van der Waals surface area (Å²) in [4.78, 5) is 24.4. The van der Waals surface area contributed by atoms with Crippen molar-refractivity contribution >= 4 is 23.3 Å². The number of alkyl halides is 15. The Hall–Kier alpha value is -10.3. The third kappa shape index (κ3) is 44.4. The SMILES string of the molecule is CC(C)Cc1ccc(C(F)(F)F)cc1.CC(C)Cc1cccs1.CC(C)c1cc(C#N)ccc1F.CC(C)c1ccc(C(F)(F)F)cc1.CC(C)c1cccc(C(F)(F)F)c1.CC(C)c1ccccc1C(F)(F)F.CC(C)c1ccccc1F.CC(C)c1ccccc1OC(F)(F)F.CCOC(=O)c1ccccc1C(C)C.COC(=O)c1ccccc1C(C)C. The van der Waals surface area contributed by atoms with Crippen LogP contribution in [0.2, 0.25) is 0 Å². The van der Waals surface area contributed by atoms with E-state index in [0.29, 0.717) is 57.7 Å². The molecule has 684 valence electrons. The molecule has 0 amide bonds. The number of esters is 2. The lowest BCUT2D eigenvalue weighted by atomic mass is 9.97. The van der Waals surface area contributed by atoms with Crippen molar-refractivity contribution < 1.29 is 98.4 Å². The minimum absolute atomic E-state index is 0.00792. The molecule has 6 nitrogen and oxygen atoms in total. The zero-order valence-electron chi connectivity index (χ0n) is 75.2. The predicted molar refractivity (Wildman–Crippen MR) is 471 cm³/mol. The van der Waals surface area contributed by atoms with E-state index in [2.05, 4.69) is 68.5 Å². The third-order valence-electron chi connectivity index (χ3n) is 17.9. The fraction of sp³-hybridized carbons (Fsp3) is 0.396. The maximum absolute atomic E-state index is 13.0. The molecule has 0 saturated carbocycles. The summed E-state index contributed by atoms with van der Waals surface area (Å²) < 4.78 is 222. The summed E-state index contributed by atoms with van der Waals surface area (Å²) in [5.74, 6) is 1.72. The Bertz CT molecular complexity index is 4740. The summed E-state index contributed by atoms with van der Waals surface area (Å²) in [5.41, 5.74) is 6.60. The van der Waals surface area contributed by atoms with E-state index >= 15 is 0 Å². The fourth-order valence-electron chi connectivity index (χ4n) is 11.4. The van der Waals surface area contributed by atoms with Gasteiger partial charge in [-0.25, -0.2) is 18.4 Å². The maximum Gasteiger partial charge on any atom is 0.573 e. The van der Waals surface area contributed by atoms with Crippen molar-refractivity contribution in [3.05, 3.63) is 335 Å². The van der Waals surface area contributed by atoms with Gasteiger partial charge in [0, 0.05) is 4.88 Å². The van der Waals surface area contributed by atoms with Crippen LogP contribution in [0.25, 0.3) is 0 Å². The largest absolute Gasteiger partial charge is 0.573 e. The molecule has 125 heavy (non-hydrogen) atoms. The molecule has 0 aliphatic rings. The summed E-state index contributed by atoms with van der Waals surface area (Å²) >= 11 is 1.85. The quantitative estimate of drug-likeness (QED) is 0.0708. The minimum Gasteiger partial charge on any atom is -0.465 e. The van der Waals surface area contributed by atoms with Crippen LogP contribution in [0.3, 0.4) is 0 Å². The molecule has 1 aromatic heterocycles. The first-order valence-electron chi connectivity index (χ1n) is 40.9. The molecule has 0 spiro atoms. The van der Waals surface area contributed by atoms with Gasteiger partial charge >= 0.3 is 43.0 Å². The average molecular weight is 1780 g/mol. The molecule has 24 heteroatoms. The highest BCUT2D eigenvalue weighted by atomic mass is 32.1. The van der Waals surface area contributed by atoms with E-state index in [1.807, 2.05) is 162 Å². The molecule has 0 aliphatic carbocycles. The van der Waals surface area contributed by atoms with Gasteiger partial charge in [-0.15, -0.1) is 24.5 Å². The highest BCUT2D eigenvalue weighted by Gasteiger charge is 2.35. The smallest absolute Gasteiger partial charge is 0.465 e. The van der Waals surface area contributed by atoms with Gasteiger partial charge in [0.15, 0.2) is 0 Å². The molecule has 0 aliphatic heterocycles. The summed E-state index contributed by atoms with van der Waals surface area (Å²) in [7, 11) is 1.40. The second-order valence-corrected chi connectivity index (χ2v) is 32.9. The number of benzene rings is 9. The molecule has 0 saturated heterocycles. The molecule has 0 N–H and O–H groups in total. The number of carbonyl (C=O) groups excluding carboxylic acids is 2. The van der Waals surface area contributed by atoms with E-state index in [0.717, 1.165) is 82.1 Å². The highest BCUT2D eigenvalue weighted by molar-refractivity contribution is 7.09. The van der Waals surface area contributed by atoms with E-state index in [1.54, 1.807) is 68.4 Å². The minimum atomic E-state index is -4.62. The Balaban J connectivity index is 0.000000696. The first-order valence-corrected chi connectivity index (χ1v) is 41.8. The van der Waals surface area contributed by atoms with Crippen molar-refractivity contribution in [3.63, 3.8) is 0 Å². The first-order chi connectivity index (χ1) is 58.0. The van der Waals surface area contributed by atoms with E-state index in [9.17, 15) is 84.2 Å². The van der Waals surface area contributed by atoms with Crippen molar-refractivity contribution in [2.45, 2.75) is 237 Å². The third-order valence-corrected chi connectivity index (χ3v) is 18.8. The van der Waals surface area contributed by atoms with Gasteiger partial charge in [0.05, 0.1) is 58.7 Å². The molecular formula is C101H120F17NO5S. The van der Waals surface area contributed by atoms with Crippen LogP contribution in [-0.4, -0.2) is 32.0 Å². The van der Waals surface area contributed by atoms with Crippen molar-refractivity contribution in [2.24, 2.45) is 11.8 Å². The number of halogens is 17. The van der Waals surface area contributed by atoms with Gasteiger partial charge < -0.3 is 14.2 Å². The normalized spacial score (nSPS) is 11.2. The lowest BCUT2D eigenvalue weighted by molar-refractivity contribution is -0.275. The maximum atomic E-state index is 13.0. The number of nitriles is 1. The number of nitrogens with zero attached hydrogens (tertiary/aromatic N) is 1. The Morgan fingerprint density at radius 1 is 0.368 bits per heavy atom. The highest BCUT2D eigenvalue weighted by Crippen LogP contribution is 2.37. The van der Waals surface area contributed by atoms with Crippen LogP contribution >= 0.6 is 11.3 Å². The molecule has 0 unspecified atom stereocenters. The van der Waals surface area contributed by atoms with Gasteiger partial charge in [-0.2, -0.15) is 57.9 Å². The topological polar surface area (TPSA) is 85.6 Å². The number of para-hydroxylation sites is 1. The van der Waals surface area contributed by atoms with Gasteiger partial charge in [0.25, 0.3) is 0 Å². The number of carbonyl (C=O) groups is 2. The van der Waals surface area contributed by atoms with Gasteiger partial charge in [-0.3, -0.25) is 0 Å². The number of hydrogen-bond acceptors (Lipinski definition) is 7. The van der Waals surface area contributed by atoms with Gasteiger partial charge in [-0.1, -0.05) is 278 Å². The molecule has 9 aromatic carbocycles. The Morgan fingerprint density at radius 3 is 1.15 bits per heavy atom. The number of ether oxygens (including phenoxy) is 3. The molecule has 10 aromatic rings. The number of methoxy groups -OCH3 is 1. The molecular weight excluding hydrogens is 1660 g/mol. The van der Waals surface area contributed by atoms with Crippen LogP contribution in [0.1, 0.15) is 296 Å². The lowest BCUT2D eigenvalue weighted by Crippen LogP contribution is -2.18. The van der Waals surface area contributed by atoms with E-state index in [4.69, 9.17) is 10.00 Å². The summed E-state index contributed by atoms with van der Waals surface area (Å²) in [5, 5.41) is 10.7. The molecule has 10 rings (SSSR count). The van der Waals surface area contributed by atoms with Crippen LogP contribution in [0.15, 0.2) is 230 Å². The Kier molecular flexibility index (Phi) is 49.8. The van der Waals surface area contributed by atoms with Crippen LogP contribution in [0, 0.1) is 34.8 Å². The van der Waals surface area contributed by atoms with E-state index < -0.39 is 53.3 Å². The first kappa shape index (κ1) is 113. The summed E-state index contributed by atoms with van der Waals surface area (Å²) in [6, 6.07) is 60.6. The van der Waals surface area contributed by atoms with E-state index in [1.165, 1.54) is 85.1 Å². The van der Waals surface area contributed by atoms with E-state index in [-0.39, 0.29) is 64.8 Å². The Labute approximate surface area is 732 Å². The monoisotopic (exact) mass is 1780 g/mol. The van der Waals surface area contributed by atoms with Crippen molar-refractivity contribution in [1.82, 2.24) is 0 Å². The van der Waals surface area contributed by atoms with Crippen LogP contribution < -0.4 is 4.74 Å². The van der Waals surface area contributed by atoms with Crippen molar-refractivity contribution in [1.29, 1.82) is 5.26 Å². The van der Waals surface area contributed by atoms with Crippen LogP contribution in [0.5, 0.6) is 5.75 Å². The molecule has 0 bridgehead atoms. The molecule has 0 atom stereocenters. The predicted octanol–water partition coefficient (Wildman–Crippen LogP) is 33.4. The molecule has 0 fully saturated rings. The number of thiophene rings is 1. The summed E-state index contributed by atoms with van der Waals surface area (Å²) in [6.07, 6.45) is -19.5. The number of rotatable bonds is 16. The molecule has 1 heterocycles. The standard InChI is InChI=1S/C12H16O2.C11H13F3.C11H14O2.C10H11F3O.3C10H11F3.C10H10FN.C9H11F.C8H12S/c1-4-14-12(13)11-8-6-5-7-10(11)9(2)3;1-8(2)7-9-3-5-10(6-4-9)11(12,13)14;1-8(2)9-6-4-5-7-10(9)11(12)13-3;1-7(2)8-5-3-4-6-9(8)14-10(11,12)13;1-7(2)8-3-5-9(6-4-8)10(11,12)13;1-7(2)8-4-3-5-9(6-8)10(11,12)13;1-7(2)8-5-3-4-6-9(8)10(11,12)13;1-7(2)9-5-8(6-12)3-4-10(9)11;1-7(2)8-5-3-4-6-9(8)10;1-7(2)6-8-4-3-5-9-8/h5-9H,4H2,1-3H3;3-6,8H,7H2,1-2H3;4-8H,1-3H3;3-7H,1-2H3;3*3-7H,1-2H3;3-5,7H,1-2H3;3-7H,1-2H3;3-5,7H,6H2,1-2H3. The fourth-order valence-corrected chi connectivity index (χ4v) is 12.3. The summed E-state index contributed by atoms with van der Waals surface area (Å²) in [6.45, 7) is 41.6. The number of hydrogen-bond donors (Lipinski definition) is 0. The average Bonchev–Trinajstić information content (AvgIpc) is 1.10. The molecule has 0 radical (unpaired) electrons. The van der Waals surface area contributed by atoms with Crippen LogP contribution in [0.4, 0.5) is 74.6 Å². The van der Waals surface area contributed by atoms with Gasteiger partial charge in [0.1, 0.15) is 17.4 Å². The second kappa shape index (κ2) is 55.2.